The molecule has 190 valence electrons. The third-order valence-corrected chi connectivity index (χ3v) is 7.01. The largest absolute Gasteiger partial charge is 0.381 e. The first-order chi connectivity index (χ1) is 16.3. The van der Waals surface area contributed by atoms with Gasteiger partial charge in [0, 0.05) is 31.9 Å². The molecule has 2 aliphatic rings. The monoisotopic (exact) mass is 479 g/mol. The van der Waals surface area contributed by atoms with Crippen molar-refractivity contribution in [3.8, 4) is 0 Å². The highest BCUT2D eigenvalue weighted by molar-refractivity contribution is 5.90. The summed E-state index contributed by atoms with van der Waals surface area (Å²) in [7, 11) is 0. The summed E-state index contributed by atoms with van der Waals surface area (Å²) in [6.45, 7) is 7.40. The highest BCUT2D eigenvalue weighted by Gasteiger charge is 2.42. The second-order valence-corrected chi connectivity index (χ2v) is 10.1. The van der Waals surface area contributed by atoms with Crippen LogP contribution < -0.4 is 10.6 Å². The van der Waals surface area contributed by atoms with Crippen molar-refractivity contribution in [3.05, 3.63) is 35.4 Å². The van der Waals surface area contributed by atoms with Gasteiger partial charge in [-0.1, -0.05) is 32.4 Å². The van der Waals surface area contributed by atoms with E-state index < -0.39 is 23.1 Å². The molecule has 1 aromatic rings. The van der Waals surface area contributed by atoms with Gasteiger partial charge in [-0.15, -0.1) is 0 Å². The lowest BCUT2D eigenvalue weighted by atomic mass is 9.73. The average Bonchev–Trinajstić information content (AvgIpc) is 2.80. The van der Waals surface area contributed by atoms with Crippen molar-refractivity contribution in [2.45, 2.75) is 71.4 Å². The number of nitrogens with zero attached hydrogens (tertiary/aromatic N) is 1. The molecule has 2 aliphatic heterocycles. The summed E-state index contributed by atoms with van der Waals surface area (Å²) in [5, 5.41) is 6.02. The Morgan fingerprint density at radius 1 is 1.09 bits per heavy atom. The van der Waals surface area contributed by atoms with Gasteiger partial charge in [0.05, 0.1) is 5.41 Å². The molecule has 0 radical (unpaired) electrons. The van der Waals surface area contributed by atoms with Crippen LogP contribution in [0.25, 0.3) is 0 Å². The van der Waals surface area contributed by atoms with E-state index >= 15 is 0 Å². The van der Waals surface area contributed by atoms with Crippen molar-refractivity contribution in [2.75, 3.05) is 32.8 Å². The highest BCUT2D eigenvalue weighted by atomic mass is 19.2. The Morgan fingerprint density at radius 3 is 2.56 bits per heavy atom. The molecule has 1 spiro atoms. The summed E-state index contributed by atoms with van der Waals surface area (Å²) in [5.41, 5.74) is -0.242. The van der Waals surface area contributed by atoms with Crippen LogP contribution in [0.1, 0.15) is 64.4 Å². The maximum Gasteiger partial charge on any atom is 0.242 e. The molecule has 2 N–H and O–H groups in total. The number of nitrogens with one attached hydrogen (secondary N) is 2. The van der Waals surface area contributed by atoms with Gasteiger partial charge in [-0.2, -0.15) is 0 Å². The van der Waals surface area contributed by atoms with Crippen LogP contribution in [0.5, 0.6) is 0 Å². The molecule has 0 aliphatic carbocycles. The predicted octanol–water partition coefficient (Wildman–Crippen LogP) is 3.78. The standard InChI is InChI=1S/C26H39F2N3O3/c1-19(2)17-22-24(32)29-12-6-16-34-15-4-3-9-26(25(33)30-22)10-13-31(14-11-26)18-20-7-5-8-21(27)23(20)28/h5,7-8,19,22H,3-4,6,9-18H2,1-2H3,(H,29,32)(H,30,33)/t22-/m0/s1. The summed E-state index contributed by atoms with van der Waals surface area (Å²) in [6.07, 6.45) is 5.04. The minimum atomic E-state index is -0.840. The summed E-state index contributed by atoms with van der Waals surface area (Å²) >= 11 is 0. The number of ether oxygens (including phenoxy) is 1. The van der Waals surface area contributed by atoms with E-state index in [9.17, 15) is 18.4 Å². The van der Waals surface area contributed by atoms with Gasteiger partial charge in [0.2, 0.25) is 11.8 Å². The van der Waals surface area contributed by atoms with Gasteiger partial charge in [0.25, 0.3) is 0 Å². The SMILES string of the molecule is CC(C)C[C@@H]1NC(=O)C2(CCCCOCCCNC1=O)CCN(Cc1cccc(F)c1F)CC2. The van der Waals surface area contributed by atoms with E-state index in [4.69, 9.17) is 4.74 Å². The van der Waals surface area contributed by atoms with E-state index in [1.54, 1.807) is 6.07 Å². The van der Waals surface area contributed by atoms with E-state index in [2.05, 4.69) is 15.5 Å². The lowest BCUT2D eigenvalue weighted by molar-refractivity contribution is -0.138. The molecule has 8 heteroatoms. The normalized spacial score (nSPS) is 23.4. The first-order valence-electron chi connectivity index (χ1n) is 12.6. The van der Waals surface area contributed by atoms with Crippen LogP contribution in [0.3, 0.4) is 0 Å². The quantitative estimate of drug-likeness (QED) is 0.690. The van der Waals surface area contributed by atoms with Crippen LogP contribution in [0.4, 0.5) is 8.78 Å². The number of likely N-dealkylation sites (tertiary alicyclic amines) is 1. The first kappa shape index (κ1) is 26.5. The Hall–Kier alpha value is -2.06. The molecule has 6 nitrogen and oxygen atoms in total. The number of benzene rings is 1. The minimum absolute atomic E-state index is 0.0668. The van der Waals surface area contributed by atoms with Crippen molar-refractivity contribution in [3.63, 3.8) is 0 Å². The van der Waals surface area contributed by atoms with Crippen LogP contribution in [0.2, 0.25) is 0 Å². The number of carbonyl (C=O) groups is 2. The molecule has 1 aromatic carbocycles. The zero-order valence-corrected chi connectivity index (χ0v) is 20.5. The van der Waals surface area contributed by atoms with Crippen LogP contribution in [-0.2, 0) is 20.9 Å². The van der Waals surface area contributed by atoms with Gasteiger partial charge in [-0.25, -0.2) is 8.78 Å². The van der Waals surface area contributed by atoms with Gasteiger partial charge in [0.15, 0.2) is 11.6 Å². The van der Waals surface area contributed by atoms with E-state index in [0.717, 1.165) is 31.7 Å². The molecule has 2 fully saturated rings. The summed E-state index contributed by atoms with van der Waals surface area (Å²) < 4.78 is 33.4. The van der Waals surface area contributed by atoms with Gasteiger partial charge in [-0.3, -0.25) is 14.5 Å². The molecular formula is C26H39F2N3O3. The van der Waals surface area contributed by atoms with E-state index in [1.165, 1.54) is 6.07 Å². The van der Waals surface area contributed by atoms with Crippen molar-refractivity contribution in [1.29, 1.82) is 0 Å². The van der Waals surface area contributed by atoms with E-state index in [0.29, 0.717) is 64.2 Å². The van der Waals surface area contributed by atoms with Crippen molar-refractivity contribution in [1.82, 2.24) is 15.5 Å². The molecule has 0 saturated carbocycles. The molecule has 34 heavy (non-hydrogen) atoms. The molecule has 1 atom stereocenters. The number of piperidine rings is 1. The molecule has 0 aromatic heterocycles. The van der Waals surface area contributed by atoms with Crippen LogP contribution in [0.15, 0.2) is 18.2 Å². The Kier molecular flexibility index (Phi) is 9.83. The Balaban J connectivity index is 1.71. The van der Waals surface area contributed by atoms with Gasteiger partial charge in [-0.05, 0) is 63.6 Å². The summed E-state index contributed by atoms with van der Waals surface area (Å²) in [4.78, 5) is 28.5. The molecule has 2 heterocycles. The number of rotatable bonds is 4. The highest BCUT2D eigenvalue weighted by Crippen LogP contribution is 2.38. The molecule has 0 unspecified atom stereocenters. The summed E-state index contributed by atoms with van der Waals surface area (Å²) in [6, 6.07) is 3.68. The van der Waals surface area contributed by atoms with E-state index in [1.807, 2.05) is 13.8 Å². The Morgan fingerprint density at radius 2 is 1.82 bits per heavy atom. The number of hydrogen-bond acceptors (Lipinski definition) is 4. The zero-order valence-electron chi connectivity index (χ0n) is 20.5. The van der Waals surface area contributed by atoms with Gasteiger partial charge < -0.3 is 15.4 Å². The molecule has 2 saturated heterocycles. The third kappa shape index (κ3) is 7.22. The Bertz CT molecular complexity index is 826. The average molecular weight is 480 g/mol. The second kappa shape index (κ2) is 12.6. The van der Waals surface area contributed by atoms with Gasteiger partial charge >= 0.3 is 0 Å². The fraction of sp³-hybridized carbons (Fsp3) is 0.692. The maximum atomic E-state index is 14.2. The lowest BCUT2D eigenvalue weighted by Gasteiger charge is -2.41. The second-order valence-electron chi connectivity index (χ2n) is 10.1. The van der Waals surface area contributed by atoms with Crippen molar-refractivity contribution >= 4 is 11.8 Å². The number of halogens is 2. The molecule has 2 amide bonds. The topological polar surface area (TPSA) is 70.7 Å². The zero-order chi connectivity index (χ0) is 24.6. The third-order valence-electron chi connectivity index (χ3n) is 7.01. The van der Waals surface area contributed by atoms with Crippen molar-refractivity contribution in [2.24, 2.45) is 11.3 Å². The molecule has 3 rings (SSSR count). The fourth-order valence-electron chi connectivity index (χ4n) is 4.93. The molecule has 0 bridgehead atoms. The lowest BCUT2D eigenvalue weighted by Crippen LogP contribution is -2.55. The first-order valence-corrected chi connectivity index (χ1v) is 12.6. The van der Waals surface area contributed by atoms with Crippen LogP contribution >= 0.6 is 0 Å². The minimum Gasteiger partial charge on any atom is -0.381 e. The van der Waals surface area contributed by atoms with Gasteiger partial charge in [0.1, 0.15) is 6.04 Å². The molecular weight excluding hydrogens is 440 g/mol. The Labute approximate surface area is 201 Å². The number of amides is 2. The predicted molar refractivity (Wildman–Crippen MR) is 127 cm³/mol. The fourth-order valence-corrected chi connectivity index (χ4v) is 4.93. The number of carbonyl (C=O) groups excluding carboxylic acids is 2. The van der Waals surface area contributed by atoms with E-state index in [-0.39, 0.29) is 17.7 Å². The summed E-state index contributed by atoms with van der Waals surface area (Å²) in [5.74, 6) is -1.59. The van der Waals surface area contributed by atoms with Crippen LogP contribution in [-0.4, -0.2) is 55.6 Å². The van der Waals surface area contributed by atoms with Crippen molar-refractivity contribution < 1.29 is 23.1 Å². The maximum absolute atomic E-state index is 14.2. The van der Waals surface area contributed by atoms with Crippen LogP contribution in [0, 0.1) is 23.0 Å². The smallest absolute Gasteiger partial charge is 0.242 e. The number of hydrogen-bond donors (Lipinski definition) is 2.